The van der Waals surface area contributed by atoms with Gasteiger partial charge in [-0.3, -0.25) is 4.79 Å². The van der Waals surface area contributed by atoms with Gasteiger partial charge >= 0.3 is 0 Å². The molecule has 0 unspecified atom stereocenters. The van der Waals surface area contributed by atoms with Crippen LogP contribution in [-0.2, 0) is 16.6 Å². The summed E-state index contributed by atoms with van der Waals surface area (Å²) in [6, 6.07) is 15.5. The van der Waals surface area contributed by atoms with E-state index in [1.807, 2.05) is 49.3 Å². The van der Waals surface area contributed by atoms with Crippen LogP contribution in [0.15, 0.2) is 59.5 Å². The summed E-state index contributed by atoms with van der Waals surface area (Å²) in [6.45, 7) is 1.36. The highest BCUT2D eigenvalue weighted by molar-refractivity contribution is 7.89. The van der Waals surface area contributed by atoms with Crippen molar-refractivity contribution in [1.29, 1.82) is 0 Å². The Morgan fingerprint density at radius 3 is 2.24 bits per heavy atom. The van der Waals surface area contributed by atoms with Crippen molar-refractivity contribution in [1.82, 2.24) is 14.9 Å². The number of carbonyl (C=O) groups excluding carboxylic acids is 1. The van der Waals surface area contributed by atoms with Gasteiger partial charge in [0.1, 0.15) is 0 Å². The molecule has 0 saturated heterocycles. The van der Waals surface area contributed by atoms with Crippen molar-refractivity contribution in [2.45, 2.75) is 11.4 Å². The Morgan fingerprint density at radius 2 is 1.64 bits per heavy atom. The van der Waals surface area contributed by atoms with Crippen LogP contribution in [0, 0.1) is 0 Å². The molecule has 0 saturated carbocycles. The maximum atomic E-state index is 12.2. The predicted molar refractivity (Wildman–Crippen MR) is 97.8 cm³/mol. The van der Waals surface area contributed by atoms with E-state index in [1.54, 1.807) is 0 Å². The molecule has 2 rings (SSSR count). The molecule has 0 atom stereocenters. The summed E-state index contributed by atoms with van der Waals surface area (Å²) in [5.41, 5.74) is 1.42. The zero-order valence-electron chi connectivity index (χ0n) is 14.4. The number of amides is 1. The molecule has 0 aliphatic carbocycles. The van der Waals surface area contributed by atoms with Crippen LogP contribution in [0.4, 0.5) is 0 Å². The van der Waals surface area contributed by atoms with E-state index in [0.29, 0.717) is 25.2 Å². The van der Waals surface area contributed by atoms with Crippen molar-refractivity contribution >= 4 is 15.9 Å². The molecule has 0 aromatic heterocycles. The lowest BCUT2D eigenvalue weighted by Crippen LogP contribution is -2.31. The van der Waals surface area contributed by atoms with E-state index in [0.717, 1.165) is 5.56 Å². The molecule has 2 aromatic carbocycles. The number of nitrogens with zero attached hydrogens (tertiary/aromatic N) is 1. The first-order valence-electron chi connectivity index (χ1n) is 7.95. The Balaban J connectivity index is 1.95. The maximum Gasteiger partial charge on any atom is 0.251 e. The molecule has 0 bridgehead atoms. The number of benzene rings is 2. The highest BCUT2D eigenvalue weighted by Gasteiger charge is 2.14. The minimum Gasteiger partial charge on any atom is -0.348 e. The second-order valence-electron chi connectivity index (χ2n) is 5.89. The molecule has 0 fully saturated rings. The largest absolute Gasteiger partial charge is 0.348 e. The predicted octanol–water partition coefficient (Wildman–Crippen LogP) is 1.46. The summed E-state index contributed by atoms with van der Waals surface area (Å²) in [6.07, 6.45) is 0. The van der Waals surface area contributed by atoms with Crippen LogP contribution in [0.2, 0.25) is 0 Å². The van der Waals surface area contributed by atoms with Gasteiger partial charge in [-0.25, -0.2) is 13.1 Å². The van der Waals surface area contributed by atoms with Crippen LogP contribution in [-0.4, -0.2) is 46.4 Å². The van der Waals surface area contributed by atoms with Gasteiger partial charge < -0.3 is 10.2 Å². The molecule has 0 spiro atoms. The van der Waals surface area contributed by atoms with Gasteiger partial charge in [0.25, 0.3) is 5.91 Å². The van der Waals surface area contributed by atoms with Crippen molar-refractivity contribution in [3.8, 4) is 0 Å². The minimum absolute atomic E-state index is 0.144. The van der Waals surface area contributed by atoms with E-state index in [1.165, 1.54) is 24.3 Å². The number of hydrogen-bond acceptors (Lipinski definition) is 4. The lowest BCUT2D eigenvalue weighted by atomic mass is 10.2. The van der Waals surface area contributed by atoms with Gasteiger partial charge in [-0.2, -0.15) is 0 Å². The van der Waals surface area contributed by atoms with Crippen LogP contribution in [0.5, 0.6) is 0 Å². The van der Waals surface area contributed by atoms with E-state index in [4.69, 9.17) is 0 Å². The van der Waals surface area contributed by atoms with Gasteiger partial charge in [0.15, 0.2) is 0 Å². The average Bonchev–Trinajstić information content (AvgIpc) is 2.60. The number of nitrogens with one attached hydrogen (secondary N) is 2. The van der Waals surface area contributed by atoms with Gasteiger partial charge in [0, 0.05) is 25.2 Å². The lowest BCUT2D eigenvalue weighted by molar-refractivity contribution is 0.0951. The van der Waals surface area contributed by atoms with Crippen LogP contribution in [0.25, 0.3) is 0 Å². The number of hydrogen-bond donors (Lipinski definition) is 2. The zero-order valence-corrected chi connectivity index (χ0v) is 15.2. The van der Waals surface area contributed by atoms with E-state index < -0.39 is 10.0 Å². The topological polar surface area (TPSA) is 78.5 Å². The first-order valence-corrected chi connectivity index (χ1v) is 9.43. The molecule has 2 N–H and O–H groups in total. The third-order valence-electron chi connectivity index (χ3n) is 3.57. The maximum absolute atomic E-state index is 12.2. The molecule has 6 nitrogen and oxygen atoms in total. The molecule has 0 radical (unpaired) electrons. The first kappa shape index (κ1) is 19.1. The first-order chi connectivity index (χ1) is 11.9. The monoisotopic (exact) mass is 361 g/mol. The number of carbonyl (C=O) groups is 1. The summed E-state index contributed by atoms with van der Waals surface area (Å²) >= 11 is 0. The SMILES string of the molecule is CN(C)CCNS(=O)(=O)c1ccc(C(=O)NCc2ccccc2)cc1. The molecule has 0 aliphatic rings. The van der Waals surface area contributed by atoms with Crippen molar-refractivity contribution in [3.05, 3.63) is 65.7 Å². The van der Waals surface area contributed by atoms with Crippen molar-refractivity contribution in [2.24, 2.45) is 0 Å². The molecule has 134 valence electrons. The summed E-state index contributed by atoms with van der Waals surface area (Å²) in [7, 11) is 0.182. The Morgan fingerprint density at radius 1 is 1.00 bits per heavy atom. The fraction of sp³-hybridized carbons (Fsp3) is 0.278. The van der Waals surface area contributed by atoms with E-state index in [9.17, 15) is 13.2 Å². The average molecular weight is 361 g/mol. The fourth-order valence-corrected chi connectivity index (χ4v) is 3.17. The molecule has 7 heteroatoms. The number of rotatable bonds is 8. The van der Waals surface area contributed by atoms with Crippen molar-refractivity contribution in [2.75, 3.05) is 27.2 Å². The highest BCUT2D eigenvalue weighted by Crippen LogP contribution is 2.10. The zero-order chi connectivity index (χ0) is 18.3. The smallest absolute Gasteiger partial charge is 0.251 e. The Kier molecular flexibility index (Phi) is 6.69. The van der Waals surface area contributed by atoms with Crippen LogP contribution in [0.1, 0.15) is 15.9 Å². The summed E-state index contributed by atoms with van der Waals surface area (Å²) in [5, 5.41) is 2.81. The van der Waals surface area contributed by atoms with Gasteiger partial charge in [-0.1, -0.05) is 30.3 Å². The molecule has 0 heterocycles. The highest BCUT2D eigenvalue weighted by atomic mass is 32.2. The van der Waals surface area contributed by atoms with E-state index in [2.05, 4.69) is 10.0 Å². The van der Waals surface area contributed by atoms with Crippen LogP contribution < -0.4 is 10.0 Å². The molecular weight excluding hydrogens is 338 g/mol. The molecule has 25 heavy (non-hydrogen) atoms. The van der Waals surface area contributed by atoms with Gasteiger partial charge in [0.05, 0.1) is 4.90 Å². The van der Waals surface area contributed by atoms with Crippen LogP contribution >= 0.6 is 0 Å². The Labute approximate surface area is 148 Å². The van der Waals surface area contributed by atoms with E-state index >= 15 is 0 Å². The second kappa shape index (κ2) is 8.75. The van der Waals surface area contributed by atoms with Gasteiger partial charge in [-0.05, 0) is 43.9 Å². The molecule has 2 aromatic rings. The minimum atomic E-state index is -3.56. The lowest BCUT2D eigenvalue weighted by Gasteiger charge is -2.11. The molecule has 1 amide bonds. The summed E-state index contributed by atoms with van der Waals surface area (Å²) < 4.78 is 26.9. The van der Waals surface area contributed by atoms with Crippen molar-refractivity contribution in [3.63, 3.8) is 0 Å². The Hall–Kier alpha value is -2.22. The molecular formula is C18H23N3O3S. The quantitative estimate of drug-likeness (QED) is 0.746. The van der Waals surface area contributed by atoms with Gasteiger partial charge in [0.2, 0.25) is 10.0 Å². The normalized spacial score (nSPS) is 11.5. The summed E-state index contributed by atoms with van der Waals surface area (Å²) in [5.74, 6) is -0.242. The number of likely N-dealkylation sites (N-methyl/N-ethyl adjacent to an activating group) is 1. The van der Waals surface area contributed by atoms with Gasteiger partial charge in [-0.15, -0.1) is 0 Å². The summed E-state index contributed by atoms with van der Waals surface area (Å²) in [4.78, 5) is 14.2. The standard InChI is InChI=1S/C18H23N3O3S/c1-21(2)13-12-20-25(23,24)17-10-8-16(9-11-17)18(22)19-14-15-6-4-3-5-7-15/h3-11,20H,12-14H2,1-2H3,(H,19,22). The fourth-order valence-electron chi connectivity index (χ4n) is 2.15. The van der Waals surface area contributed by atoms with E-state index in [-0.39, 0.29) is 10.8 Å². The third kappa shape index (κ3) is 5.97. The third-order valence-corrected chi connectivity index (χ3v) is 5.05. The second-order valence-corrected chi connectivity index (χ2v) is 7.66. The molecule has 0 aliphatic heterocycles. The number of sulfonamides is 1. The van der Waals surface area contributed by atoms with Crippen molar-refractivity contribution < 1.29 is 13.2 Å². The Bertz CT molecular complexity index is 788. The van der Waals surface area contributed by atoms with Crippen LogP contribution in [0.3, 0.4) is 0 Å².